The van der Waals surface area contributed by atoms with E-state index in [1.165, 1.54) is 37.6 Å². The third-order valence-corrected chi connectivity index (χ3v) is 6.40. The quantitative estimate of drug-likeness (QED) is 0.0756. The Hall–Kier alpha value is -5.16. The van der Waals surface area contributed by atoms with Gasteiger partial charge in [-0.3, -0.25) is 14.9 Å². The molecule has 198 valence electrons. The predicted molar refractivity (Wildman–Crippen MR) is 153 cm³/mol. The van der Waals surface area contributed by atoms with Crippen LogP contribution in [0.1, 0.15) is 15.9 Å². The molecule has 0 aliphatic rings. The molecule has 0 N–H and O–H groups in total. The molecule has 5 aromatic rings. The Bertz CT molecular complexity index is 1830. The highest BCUT2D eigenvalue weighted by Crippen LogP contribution is 2.25. The number of nitrogens with zero attached hydrogens (tertiary/aromatic N) is 4. The summed E-state index contributed by atoms with van der Waals surface area (Å²) < 4.78 is 12.6. The van der Waals surface area contributed by atoms with E-state index in [1.54, 1.807) is 66.7 Å². The van der Waals surface area contributed by atoms with E-state index in [-0.39, 0.29) is 17.3 Å². The fourth-order valence-electron chi connectivity index (χ4n) is 3.87. The number of esters is 1. The number of halogens is 1. The molecule has 0 amide bonds. The number of fused-ring (bicyclic) bond motifs is 1. The molecule has 40 heavy (non-hydrogen) atoms. The summed E-state index contributed by atoms with van der Waals surface area (Å²) in [5, 5.41) is 15.9. The minimum Gasteiger partial charge on any atom is -0.497 e. The average Bonchev–Trinajstić information content (AvgIpc) is 2.98. The van der Waals surface area contributed by atoms with Gasteiger partial charge in [-0.05, 0) is 66.7 Å². The third kappa shape index (κ3) is 5.49. The molecule has 0 atom stereocenters. The molecule has 0 bridgehead atoms. The van der Waals surface area contributed by atoms with Gasteiger partial charge in [0.1, 0.15) is 11.5 Å². The number of methoxy groups -OCH3 is 1. The van der Waals surface area contributed by atoms with Gasteiger partial charge in [0.05, 0.1) is 34.7 Å². The zero-order chi connectivity index (χ0) is 28.2. The number of carbonyl (C=O) groups is 1. The van der Waals surface area contributed by atoms with E-state index in [9.17, 15) is 19.7 Å². The summed E-state index contributed by atoms with van der Waals surface area (Å²) in [6, 6.07) is 23.9. The fourth-order valence-corrected chi connectivity index (χ4v) is 4.25. The number of carbonyl (C=O) groups excluding carboxylic acids is 1. The van der Waals surface area contributed by atoms with E-state index in [4.69, 9.17) is 9.47 Å². The lowest BCUT2D eigenvalue weighted by molar-refractivity contribution is -0.384. The lowest BCUT2D eigenvalue weighted by Crippen LogP contribution is -2.20. The van der Waals surface area contributed by atoms with Crippen molar-refractivity contribution in [2.45, 2.75) is 0 Å². The molecule has 0 radical (unpaired) electrons. The van der Waals surface area contributed by atoms with Crippen LogP contribution in [0, 0.1) is 10.1 Å². The Morgan fingerprint density at radius 1 is 1.02 bits per heavy atom. The normalized spacial score (nSPS) is 11.1. The Kier molecular flexibility index (Phi) is 7.47. The van der Waals surface area contributed by atoms with Crippen molar-refractivity contribution >= 4 is 44.7 Å². The molecule has 1 heterocycles. The molecule has 0 spiro atoms. The number of hydrogen-bond acceptors (Lipinski definition) is 8. The third-order valence-electron chi connectivity index (χ3n) is 5.90. The number of nitro benzene ring substituents is 1. The first-order valence-corrected chi connectivity index (χ1v) is 12.6. The largest absolute Gasteiger partial charge is 0.497 e. The maximum atomic E-state index is 13.5. The molecule has 5 rings (SSSR count). The maximum Gasteiger partial charge on any atom is 0.343 e. The van der Waals surface area contributed by atoms with E-state index in [0.717, 1.165) is 4.68 Å². The van der Waals surface area contributed by atoms with Gasteiger partial charge >= 0.3 is 5.97 Å². The highest BCUT2D eigenvalue weighted by Gasteiger charge is 2.16. The number of aromatic nitrogens is 2. The van der Waals surface area contributed by atoms with Crippen LogP contribution in [-0.2, 0) is 0 Å². The Morgan fingerprint density at radius 3 is 2.45 bits per heavy atom. The van der Waals surface area contributed by atoms with Gasteiger partial charge in [-0.15, -0.1) is 0 Å². The minimum absolute atomic E-state index is 0.0978. The van der Waals surface area contributed by atoms with Crippen molar-refractivity contribution in [3.63, 3.8) is 0 Å². The lowest BCUT2D eigenvalue weighted by atomic mass is 10.1. The molecule has 0 unspecified atom stereocenters. The molecular formula is C29H19BrN4O6. The van der Waals surface area contributed by atoms with E-state index in [0.29, 0.717) is 37.8 Å². The fraction of sp³-hybridized carbons (Fsp3) is 0.0345. The van der Waals surface area contributed by atoms with Crippen LogP contribution in [0.15, 0.2) is 105 Å². The Labute approximate surface area is 235 Å². The molecule has 11 heteroatoms. The Morgan fingerprint density at radius 2 is 1.75 bits per heavy atom. The van der Waals surface area contributed by atoms with Crippen molar-refractivity contribution in [3.05, 3.63) is 127 Å². The van der Waals surface area contributed by atoms with Crippen LogP contribution < -0.4 is 15.0 Å². The van der Waals surface area contributed by atoms with Gasteiger partial charge < -0.3 is 9.47 Å². The van der Waals surface area contributed by atoms with Gasteiger partial charge in [0.2, 0.25) is 0 Å². The summed E-state index contributed by atoms with van der Waals surface area (Å²) in [6.07, 6.45) is 1.38. The summed E-state index contributed by atoms with van der Waals surface area (Å²) in [5.41, 5.74) is 1.09. The van der Waals surface area contributed by atoms with Crippen molar-refractivity contribution in [2.24, 2.45) is 5.10 Å². The summed E-state index contributed by atoms with van der Waals surface area (Å²) in [5.74, 6) is 0.412. The van der Waals surface area contributed by atoms with Gasteiger partial charge in [0.25, 0.3) is 11.2 Å². The van der Waals surface area contributed by atoms with Crippen LogP contribution in [-0.4, -0.2) is 33.9 Å². The summed E-state index contributed by atoms with van der Waals surface area (Å²) in [4.78, 5) is 41.5. The van der Waals surface area contributed by atoms with E-state index in [1.807, 2.05) is 0 Å². The lowest BCUT2D eigenvalue weighted by Gasteiger charge is -2.11. The number of hydrogen-bond donors (Lipinski definition) is 0. The number of nitro groups is 1. The molecule has 0 aliphatic heterocycles. The summed E-state index contributed by atoms with van der Waals surface area (Å²) >= 11 is 3.41. The predicted octanol–water partition coefficient (Wildman–Crippen LogP) is 5.84. The molecule has 0 aliphatic carbocycles. The monoisotopic (exact) mass is 598 g/mol. The molecule has 0 fully saturated rings. The van der Waals surface area contributed by atoms with Crippen LogP contribution >= 0.6 is 15.9 Å². The Balaban J connectivity index is 1.57. The highest BCUT2D eigenvalue weighted by molar-refractivity contribution is 9.10. The second kappa shape index (κ2) is 11.3. The number of para-hydroxylation sites is 1. The molecule has 10 nitrogen and oxygen atoms in total. The molecule has 0 saturated carbocycles. The first-order chi connectivity index (χ1) is 19.3. The SMILES string of the molecule is COc1ccc(C(=O)Oc2ccc(Br)cc2C=Nn2c(-c3ccc([N+](=O)[O-])cc3)nc3ccccc3c2=O)cc1. The summed E-state index contributed by atoms with van der Waals surface area (Å²) in [6.45, 7) is 0. The van der Waals surface area contributed by atoms with Gasteiger partial charge in [-0.1, -0.05) is 28.1 Å². The van der Waals surface area contributed by atoms with Crippen LogP contribution in [0.3, 0.4) is 0 Å². The summed E-state index contributed by atoms with van der Waals surface area (Å²) in [7, 11) is 1.53. The van der Waals surface area contributed by atoms with Crippen molar-refractivity contribution in [3.8, 4) is 22.9 Å². The second-order valence-electron chi connectivity index (χ2n) is 8.42. The minimum atomic E-state index is -0.587. The van der Waals surface area contributed by atoms with Crippen LogP contribution in [0.4, 0.5) is 5.69 Å². The highest BCUT2D eigenvalue weighted by atomic mass is 79.9. The van der Waals surface area contributed by atoms with E-state index >= 15 is 0 Å². The molecular weight excluding hydrogens is 580 g/mol. The van der Waals surface area contributed by atoms with Gasteiger partial charge in [0, 0.05) is 27.7 Å². The zero-order valence-electron chi connectivity index (χ0n) is 20.9. The van der Waals surface area contributed by atoms with Crippen molar-refractivity contribution in [1.82, 2.24) is 9.66 Å². The molecule has 1 aromatic heterocycles. The van der Waals surface area contributed by atoms with Crippen molar-refractivity contribution in [2.75, 3.05) is 7.11 Å². The first kappa shape index (κ1) is 26.4. The van der Waals surface area contributed by atoms with Crippen LogP contribution in [0.25, 0.3) is 22.3 Å². The smallest absolute Gasteiger partial charge is 0.343 e. The number of ether oxygens (including phenoxy) is 2. The van der Waals surface area contributed by atoms with Gasteiger partial charge in [0.15, 0.2) is 5.82 Å². The van der Waals surface area contributed by atoms with Crippen molar-refractivity contribution in [1.29, 1.82) is 0 Å². The van der Waals surface area contributed by atoms with E-state index in [2.05, 4.69) is 26.0 Å². The van der Waals surface area contributed by atoms with Crippen LogP contribution in [0.2, 0.25) is 0 Å². The number of benzene rings is 4. The van der Waals surface area contributed by atoms with Crippen LogP contribution in [0.5, 0.6) is 11.5 Å². The van der Waals surface area contributed by atoms with E-state index < -0.39 is 16.5 Å². The average molecular weight is 599 g/mol. The number of non-ortho nitro benzene ring substituents is 1. The van der Waals surface area contributed by atoms with Gasteiger partial charge in [-0.2, -0.15) is 9.78 Å². The molecule has 4 aromatic carbocycles. The maximum absolute atomic E-state index is 13.5. The van der Waals surface area contributed by atoms with Gasteiger partial charge in [-0.25, -0.2) is 9.78 Å². The topological polar surface area (TPSA) is 126 Å². The van der Waals surface area contributed by atoms with Crippen molar-refractivity contribution < 1.29 is 19.2 Å². The molecule has 0 saturated heterocycles. The number of rotatable bonds is 7. The zero-order valence-corrected chi connectivity index (χ0v) is 22.4. The second-order valence-corrected chi connectivity index (χ2v) is 9.33. The standard InChI is InChI=1S/C29H19BrN4O6/c1-39-23-13-8-19(9-14-23)29(36)40-26-15-10-21(30)16-20(26)17-31-33-27(18-6-11-22(12-7-18)34(37)38)32-25-5-3-2-4-24(25)28(33)35/h2-17H,1H3. The first-order valence-electron chi connectivity index (χ1n) is 11.8.